The number of rotatable bonds is 7. The number of nitriles is 1. The third-order valence-corrected chi connectivity index (χ3v) is 6.08. The molecule has 9 heteroatoms. The molecule has 1 aromatic heterocycles. The van der Waals surface area contributed by atoms with E-state index >= 15 is 0 Å². The summed E-state index contributed by atoms with van der Waals surface area (Å²) < 4.78 is 6.83. The predicted octanol–water partition coefficient (Wildman–Crippen LogP) is 2.88. The lowest BCUT2D eigenvalue weighted by atomic mass is 9.83. The van der Waals surface area contributed by atoms with Crippen molar-refractivity contribution in [1.29, 1.82) is 5.26 Å². The zero-order valence-corrected chi connectivity index (χ0v) is 17.5. The molecule has 0 saturated heterocycles. The van der Waals surface area contributed by atoms with Crippen LogP contribution in [0.2, 0.25) is 0 Å². The number of ether oxygens (including phenoxy) is 1. The van der Waals surface area contributed by atoms with Crippen molar-refractivity contribution < 1.29 is 9.53 Å². The van der Waals surface area contributed by atoms with E-state index in [0.717, 1.165) is 30.6 Å². The molecule has 3 N–H and O–H groups in total. The second-order valence-corrected chi connectivity index (χ2v) is 8.45. The van der Waals surface area contributed by atoms with Gasteiger partial charge in [0.1, 0.15) is 11.3 Å². The van der Waals surface area contributed by atoms with E-state index in [-0.39, 0.29) is 5.91 Å². The third kappa shape index (κ3) is 4.82. The average molecular weight is 415 g/mol. The highest BCUT2D eigenvalue weighted by Gasteiger charge is 2.35. The summed E-state index contributed by atoms with van der Waals surface area (Å²) in [5, 5.41) is 20.8. The fraction of sp³-hybridized carbons (Fsp3) is 0.500. The minimum atomic E-state index is -0.756. The largest absolute Gasteiger partial charge is 0.494 e. The zero-order valence-electron chi connectivity index (χ0n) is 16.7. The highest BCUT2D eigenvalue weighted by Crippen LogP contribution is 2.30. The topological polar surface area (TPSA) is 119 Å². The number of nitrogen functional groups attached to an aromatic ring is 1. The van der Waals surface area contributed by atoms with Gasteiger partial charge >= 0.3 is 0 Å². The Hall–Kier alpha value is -2.73. The van der Waals surface area contributed by atoms with Crippen molar-refractivity contribution in [2.75, 3.05) is 12.4 Å². The predicted molar refractivity (Wildman–Crippen MR) is 112 cm³/mol. The van der Waals surface area contributed by atoms with Crippen LogP contribution in [-0.4, -0.2) is 38.2 Å². The van der Waals surface area contributed by atoms with Crippen LogP contribution >= 0.6 is 11.8 Å². The lowest BCUT2D eigenvalue weighted by Crippen LogP contribution is -2.51. The van der Waals surface area contributed by atoms with Gasteiger partial charge in [-0.25, -0.2) is 4.68 Å². The summed E-state index contributed by atoms with van der Waals surface area (Å²) in [6.07, 6.45) is 4.41. The van der Waals surface area contributed by atoms with Crippen molar-refractivity contribution in [2.24, 2.45) is 0 Å². The Morgan fingerprint density at radius 1 is 1.34 bits per heavy atom. The Kier molecular flexibility index (Phi) is 6.64. The number of carbonyl (C=O) groups excluding carboxylic acids is 1. The average Bonchev–Trinajstić information content (AvgIpc) is 3.09. The molecule has 0 unspecified atom stereocenters. The number of hydrogen-bond donors (Lipinski definition) is 2. The van der Waals surface area contributed by atoms with E-state index in [1.807, 2.05) is 31.2 Å². The van der Waals surface area contributed by atoms with Gasteiger partial charge in [-0.05, 0) is 51.0 Å². The molecule has 1 atom stereocenters. The first-order chi connectivity index (χ1) is 14.0. The minimum Gasteiger partial charge on any atom is -0.494 e. The first kappa shape index (κ1) is 21.0. The van der Waals surface area contributed by atoms with Crippen LogP contribution in [-0.2, 0) is 4.79 Å². The number of aromatic nitrogens is 3. The fourth-order valence-corrected chi connectivity index (χ4v) is 4.16. The molecule has 0 spiro atoms. The number of nitrogens with zero attached hydrogens (tertiary/aromatic N) is 4. The number of benzene rings is 1. The van der Waals surface area contributed by atoms with Gasteiger partial charge in [-0.3, -0.25) is 4.79 Å². The number of carbonyl (C=O) groups is 1. The molecule has 1 aliphatic rings. The molecule has 8 nitrogen and oxygen atoms in total. The maximum absolute atomic E-state index is 12.7. The van der Waals surface area contributed by atoms with Crippen LogP contribution in [0.15, 0.2) is 29.4 Å². The van der Waals surface area contributed by atoms with Crippen LogP contribution in [0.3, 0.4) is 0 Å². The highest BCUT2D eigenvalue weighted by atomic mass is 32.2. The molecule has 0 aliphatic heterocycles. The van der Waals surface area contributed by atoms with Gasteiger partial charge in [-0.2, -0.15) is 5.26 Å². The zero-order chi connectivity index (χ0) is 20.9. The molecule has 154 valence electrons. The van der Waals surface area contributed by atoms with E-state index in [0.29, 0.717) is 30.4 Å². The van der Waals surface area contributed by atoms with Crippen LogP contribution in [0, 0.1) is 11.3 Å². The van der Waals surface area contributed by atoms with Gasteiger partial charge in [-0.15, -0.1) is 10.2 Å². The van der Waals surface area contributed by atoms with Crippen LogP contribution in [0.1, 0.15) is 46.0 Å². The number of hydrogen-bond acceptors (Lipinski definition) is 7. The maximum Gasteiger partial charge on any atom is 0.234 e. The van der Waals surface area contributed by atoms with E-state index in [1.54, 1.807) is 6.92 Å². The first-order valence-electron chi connectivity index (χ1n) is 9.81. The second-order valence-electron chi connectivity index (χ2n) is 7.14. The number of nitrogens with one attached hydrogen (secondary N) is 1. The molecule has 1 aliphatic carbocycles. The number of amides is 1. The molecule has 1 aromatic carbocycles. The summed E-state index contributed by atoms with van der Waals surface area (Å²) in [6, 6.07) is 9.73. The molecule has 3 rings (SSSR count). The van der Waals surface area contributed by atoms with Crippen molar-refractivity contribution in [3.63, 3.8) is 0 Å². The molecule has 1 heterocycles. The highest BCUT2D eigenvalue weighted by molar-refractivity contribution is 8.00. The van der Waals surface area contributed by atoms with Crippen molar-refractivity contribution in [3.8, 4) is 23.2 Å². The first-order valence-corrected chi connectivity index (χ1v) is 10.7. The Bertz CT molecular complexity index is 883. The van der Waals surface area contributed by atoms with Gasteiger partial charge in [0, 0.05) is 5.56 Å². The van der Waals surface area contributed by atoms with E-state index in [9.17, 15) is 10.1 Å². The van der Waals surface area contributed by atoms with Gasteiger partial charge in [0.05, 0.1) is 17.9 Å². The van der Waals surface area contributed by atoms with Crippen LogP contribution < -0.4 is 15.9 Å². The second kappa shape index (κ2) is 9.18. The Morgan fingerprint density at radius 3 is 2.66 bits per heavy atom. The molecule has 0 bridgehead atoms. The summed E-state index contributed by atoms with van der Waals surface area (Å²) in [4.78, 5) is 12.7. The molecular weight excluding hydrogens is 388 g/mol. The quantitative estimate of drug-likeness (QED) is 0.528. The summed E-state index contributed by atoms with van der Waals surface area (Å²) in [5.74, 6) is 7.26. The molecule has 29 heavy (non-hydrogen) atoms. The summed E-state index contributed by atoms with van der Waals surface area (Å²) >= 11 is 1.22. The normalized spacial score (nSPS) is 16.6. The standard InChI is InChI=1S/C20H26N6O2S/c1-3-28-16-9-7-15(8-10-16)17-24-25-19(26(17)22)29-14(2)18(27)23-20(13-21)11-5-4-6-12-20/h7-10,14H,3-6,11-12,22H2,1-2H3,(H,23,27)/t14-/m1/s1. The lowest BCUT2D eigenvalue weighted by molar-refractivity contribution is -0.121. The van der Waals surface area contributed by atoms with Gasteiger partial charge in [0.15, 0.2) is 5.82 Å². The van der Waals surface area contributed by atoms with Crippen LogP contribution in [0.4, 0.5) is 0 Å². The Morgan fingerprint density at radius 2 is 2.03 bits per heavy atom. The molecule has 1 fully saturated rings. The Labute approximate surface area is 174 Å². The van der Waals surface area contributed by atoms with Crippen LogP contribution in [0.25, 0.3) is 11.4 Å². The Balaban J connectivity index is 1.67. The van der Waals surface area contributed by atoms with Crippen molar-refractivity contribution in [1.82, 2.24) is 20.2 Å². The number of nitrogens with two attached hydrogens (primary N) is 1. The van der Waals surface area contributed by atoms with Crippen molar-refractivity contribution >= 4 is 17.7 Å². The van der Waals surface area contributed by atoms with E-state index in [4.69, 9.17) is 10.6 Å². The summed E-state index contributed by atoms with van der Waals surface area (Å²) in [5.41, 5.74) is 0.0478. The van der Waals surface area contributed by atoms with E-state index in [2.05, 4.69) is 21.6 Å². The summed E-state index contributed by atoms with van der Waals surface area (Å²) in [6.45, 7) is 4.30. The van der Waals surface area contributed by atoms with Crippen molar-refractivity contribution in [3.05, 3.63) is 24.3 Å². The van der Waals surface area contributed by atoms with Crippen LogP contribution in [0.5, 0.6) is 5.75 Å². The van der Waals surface area contributed by atoms with Gasteiger partial charge in [0.2, 0.25) is 11.1 Å². The molecule has 1 amide bonds. The summed E-state index contributed by atoms with van der Waals surface area (Å²) in [7, 11) is 0. The van der Waals surface area contributed by atoms with Crippen molar-refractivity contribution in [2.45, 2.75) is 61.9 Å². The fourth-order valence-electron chi connectivity index (χ4n) is 3.39. The van der Waals surface area contributed by atoms with Gasteiger partial charge in [0.25, 0.3) is 0 Å². The lowest BCUT2D eigenvalue weighted by Gasteiger charge is -2.32. The SMILES string of the molecule is CCOc1ccc(-c2nnc(S[C@H](C)C(=O)NC3(C#N)CCCCC3)n2N)cc1. The molecule has 2 aromatic rings. The van der Waals surface area contributed by atoms with E-state index in [1.165, 1.54) is 16.4 Å². The smallest absolute Gasteiger partial charge is 0.234 e. The maximum atomic E-state index is 12.7. The van der Waals surface area contributed by atoms with E-state index < -0.39 is 10.8 Å². The molecule has 1 saturated carbocycles. The number of thioether (sulfide) groups is 1. The van der Waals surface area contributed by atoms with Gasteiger partial charge in [-0.1, -0.05) is 31.0 Å². The monoisotopic (exact) mass is 414 g/mol. The van der Waals surface area contributed by atoms with Gasteiger partial charge < -0.3 is 15.9 Å². The molecule has 0 radical (unpaired) electrons. The molecular formula is C20H26N6O2S. The third-order valence-electron chi connectivity index (χ3n) is 5.02. The minimum absolute atomic E-state index is 0.191.